The van der Waals surface area contributed by atoms with E-state index in [1.54, 1.807) is 37.6 Å². The van der Waals surface area contributed by atoms with Gasteiger partial charge in [-0.15, -0.1) is 0 Å². The second-order valence-electron chi connectivity index (χ2n) is 5.65. The van der Waals surface area contributed by atoms with Gasteiger partial charge in [0.1, 0.15) is 11.6 Å². The minimum atomic E-state index is -0.226. The van der Waals surface area contributed by atoms with E-state index in [0.29, 0.717) is 22.1 Å². The number of nitrogens with zero attached hydrogens (tertiary/aromatic N) is 1. The summed E-state index contributed by atoms with van der Waals surface area (Å²) in [7, 11) is 1.62. The minimum Gasteiger partial charge on any atom is -0.497 e. The Kier molecular flexibility index (Phi) is 5.39. The largest absolute Gasteiger partial charge is 0.497 e. The molecule has 0 radical (unpaired) electrons. The van der Waals surface area contributed by atoms with E-state index in [9.17, 15) is 4.79 Å². The number of rotatable bonds is 5. The number of hydrogen-bond acceptors (Lipinski definition) is 4. The molecule has 3 aromatic rings. The average molecular weight is 368 g/mol. The first-order chi connectivity index (χ1) is 12.6. The molecule has 0 aliphatic rings. The molecule has 2 aromatic carbocycles. The molecule has 132 valence electrons. The van der Waals surface area contributed by atoms with Crippen LogP contribution in [0.3, 0.4) is 0 Å². The van der Waals surface area contributed by atoms with E-state index in [2.05, 4.69) is 15.6 Å². The van der Waals surface area contributed by atoms with Gasteiger partial charge in [-0.1, -0.05) is 17.7 Å². The summed E-state index contributed by atoms with van der Waals surface area (Å²) in [6.45, 7) is 1.86. The number of amides is 1. The highest BCUT2D eigenvalue weighted by Crippen LogP contribution is 2.24. The van der Waals surface area contributed by atoms with Crippen LogP contribution in [0.4, 0.5) is 17.2 Å². The van der Waals surface area contributed by atoms with Gasteiger partial charge in [0.05, 0.1) is 7.11 Å². The Morgan fingerprint density at radius 3 is 2.62 bits per heavy atom. The highest BCUT2D eigenvalue weighted by molar-refractivity contribution is 6.31. The van der Waals surface area contributed by atoms with Crippen LogP contribution in [0.1, 0.15) is 15.9 Å². The SMILES string of the molecule is COc1ccc(Nc2cc(C(=O)Nc3cccc(Cl)c3C)ccn2)cc1. The lowest BCUT2D eigenvalue weighted by molar-refractivity contribution is 0.102. The monoisotopic (exact) mass is 367 g/mol. The molecule has 26 heavy (non-hydrogen) atoms. The number of methoxy groups -OCH3 is 1. The number of carbonyl (C=O) groups is 1. The number of ether oxygens (including phenoxy) is 1. The molecule has 0 spiro atoms. The molecule has 5 nitrogen and oxygen atoms in total. The quantitative estimate of drug-likeness (QED) is 0.662. The standard InChI is InChI=1S/C20H18ClN3O2/c1-13-17(21)4-3-5-18(13)24-20(25)14-10-11-22-19(12-14)23-15-6-8-16(26-2)9-7-15/h3-12H,1-2H3,(H,22,23)(H,24,25). The van der Waals surface area contributed by atoms with E-state index in [1.165, 1.54) is 0 Å². The van der Waals surface area contributed by atoms with E-state index in [-0.39, 0.29) is 5.91 Å². The number of pyridine rings is 1. The first kappa shape index (κ1) is 17.8. The van der Waals surface area contributed by atoms with E-state index in [4.69, 9.17) is 16.3 Å². The topological polar surface area (TPSA) is 63.2 Å². The van der Waals surface area contributed by atoms with Gasteiger partial charge in [-0.25, -0.2) is 4.98 Å². The summed E-state index contributed by atoms with van der Waals surface area (Å²) < 4.78 is 5.14. The normalized spacial score (nSPS) is 10.3. The fraction of sp³-hybridized carbons (Fsp3) is 0.100. The molecule has 0 bridgehead atoms. The molecule has 0 atom stereocenters. The van der Waals surface area contributed by atoms with Crippen LogP contribution in [0.25, 0.3) is 0 Å². The van der Waals surface area contributed by atoms with E-state index >= 15 is 0 Å². The third-order valence-electron chi connectivity index (χ3n) is 3.90. The molecule has 0 aliphatic heterocycles. The summed E-state index contributed by atoms with van der Waals surface area (Å²) in [6, 6.07) is 16.2. The molecule has 0 aliphatic carbocycles. The zero-order valence-corrected chi connectivity index (χ0v) is 15.2. The van der Waals surface area contributed by atoms with Gasteiger partial charge in [-0.2, -0.15) is 0 Å². The second-order valence-corrected chi connectivity index (χ2v) is 6.06. The fourth-order valence-corrected chi connectivity index (χ4v) is 2.57. The van der Waals surface area contributed by atoms with E-state index in [1.807, 2.05) is 37.3 Å². The van der Waals surface area contributed by atoms with Crippen molar-refractivity contribution < 1.29 is 9.53 Å². The maximum Gasteiger partial charge on any atom is 0.255 e. The van der Waals surface area contributed by atoms with Crippen molar-refractivity contribution in [1.82, 2.24) is 4.98 Å². The summed E-state index contributed by atoms with van der Waals surface area (Å²) in [6.07, 6.45) is 1.59. The van der Waals surface area contributed by atoms with Crippen molar-refractivity contribution in [2.24, 2.45) is 0 Å². The molecule has 0 fully saturated rings. The van der Waals surface area contributed by atoms with Crippen molar-refractivity contribution in [2.75, 3.05) is 17.7 Å². The Morgan fingerprint density at radius 2 is 1.88 bits per heavy atom. The Bertz CT molecular complexity index is 927. The van der Waals surface area contributed by atoms with E-state index < -0.39 is 0 Å². The summed E-state index contributed by atoms with van der Waals surface area (Å²) >= 11 is 6.10. The van der Waals surface area contributed by atoms with Crippen molar-refractivity contribution in [2.45, 2.75) is 6.92 Å². The first-order valence-electron chi connectivity index (χ1n) is 8.00. The maximum atomic E-state index is 12.5. The van der Waals surface area contributed by atoms with Crippen LogP contribution in [0.5, 0.6) is 5.75 Å². The smallest absolute Gasteiger partial charge is 0.255 e. The molecular formula is C20H18ClN3O2. The highest BCUT2D eigenvalue weighted by Gasteiger charge is 2.10. The Morgan fingerprint density at radius 1 is 1.12 bits per heavy atom. The summed E-state index contributed by atoms with van der Waals surface area (Å²) in [5.74, 6) is 1.12. The van der Waals surface area contributed by atoms with Crippen LogP contribution in [-0.4, -0.2) is 18.0 Å². The average Bonchev–Trinajstić information content (AvgIpc) is 2.66. The maximum absolute atomic E-state index is 12.5. The lowest BCUT2D eigenvalue weighted by Gasteiger charge is -2.11. The van der Waals surface area contributed by atoms with Gasteiger partial charge in [-0.05, 0) is 61.0 Å². The molecule has 2 N–H and O–H groups in total. The number of carbonyl (C=O) groups excluding carboxylic acids is 1. The molecule has 6 heteroatoms. The third-order valence-corrected chi connectivity index (χ3v) is 4.31. The molecule has 1 heterocycles. The van der Waals surface area contributed by atoms with Gasteiger partial charge >= 0.3 is 0 Å². The summed E-state index contributed by atoms with van der Waals surface area (Å²) in [5.41, 5.74) is 2.86. The van der Waals surface area contributed by atoms with Crippen molar-refractivity contribution in [3.05, 3.63) is 76.9 Å². The van der Waals surface area contributed by atoms with Crippen LogP contribution < -0.4 is 15.4 Å². The molecular weight excluding hydrogens is 350 g/mol. The summed E-state index contributed by atoms with van der Waals surface area (Å²) in [4.78, 5) is 16.8. The second kappa shape index (κ2) is 7.89. The van der Waals surface area contributed by atoms with Crippen molar-refractivity contribution in [3.8, 4) is 5.75 Å². The van der Waals surface area contributed by atoms with Gasteiger partial charge in [-0.3, -0.25) is 4.79 Å². The molecule has 0 saturated carbocycles. The van der Waals surface area contributed by atoms with Crippen LogP contribution in [0.2, 0.25) is 5.02 Å². The number of benzene rings is 2. The molecule has 0 unspecified atom stereocenters. The summed E-state index contributed by atoms with van der Waals surface area (Å²) in [5, 5.41) is 6.66. The van der Waals surface area contributed by atoms with E-state index in [0.717, 1.165) is 17.0 Å². The van der Waals surface area contributed by atoms with Gasteiger partial charge in [0.15, 0.2) is 0 Å². The highest BCUT2D eigenvalue weighted by atomic mass is 35.5. The predicted molar refractivity (Wildman–Crippen MR) is 105 cm³/mol. The van der Waals surface area contributed by atoms with Crippen molar-refractivity contribution in [3.63, 3.8) is 0 Å². The van der Waals surface area contributed by atoms with Crippen LogP contribution in [-0.2, 0) is 0 Å². The van der Waals surface area contributed by atoms with Crippen LogP contribution in [0.15, 0.2) is 60.8 Å². The number of halogens is 1. The molecule has 1 amide bonds. The molecule has 1 aromatic heterocycles. The molecule has 3 rings (SSSR count). The Hall–Kier alpha value is -3.05. The minimum absolute atomic E-state index is 0.226. The first-order valence-corrected chi connectivity index (χ1v) is 8.38. The van der Waals surface area contributed by atoms with Crippen LogP contribution in [0, 0.1) is 6.92 Å². The Labute approximate surface area is 157 Å². The van der Waals surface area contributed by atoms with Gasteiger partial charge in [0, 0.05) is 28.2 Å². The predicted octanol–water partition coefficient (Wildman–Crippen LogP) is 5.05. The number of hydrogen-bond donors (Lipinski definition) is 2. The van der Waals surface area contributed by atoms with Gasteiger partial charge in [0.2, 0.25) is 0 Å². The lowest BCUT2D eigenvalue weighted by atomic mass is 10.2. The van der Waals surface area contributed by atoms with Crippen LogP contribution >= 0.6 is 11.6 Å². The lowest BCUT2D eigenvalue weighted by Crippen LogP contribution is -2.13. The number of aromatic nitrogens is 1. The zero-order chi connectivity index (χ0) is 18.5. The van der Waals surface area contributed by atoms with Gasteiger partial charge < -0.3 is 15.4 Å². The fourth-order valence-electron chi connectivity index (χ4n) is 2.40. The third kappa shape index (κ3) is 4.13. The molecule has 0 saturated heterocycles. The van der Waals surface area contributed by atoms with Gasteiger partial charge in [0.25, 0.3) is 5.91 Å². The number of nitrogens with one attached hydrogen (secondary N) is 2. The van der Waals surface area contributed by atoms with Crippen molar-refractivity contribution >= 4 is 34.7 Å². The Balaban J connectivity index is 1.75. The zero-order valence-electron chi connectivity index (χ0n) is 14.4. The van der Waals surface area contributed by atoms with Crippen molar-refractivity contribution in [1.29, 1.82) is 0 Å². The number of anilines is 3.